The molecule has 0 saturated carbocycles. The molecule has 1 fully saturated rings. The van der Waals surface area contributed by atoms with Crippen LogP contribution in [-0.4, -0.2) is 46.9 Å². The van der Waals surface area contributed by atoms with Gasteiger partial charge in [-0.2, -0.15) is 0 Å². The molecular formula is C20H26N2O4. The summed E-state index contributed by atoms with van der Waals surface area (Å²) in [6.45, 7) is 2.78. The summed E-state index contributed by atoms with van der Waals surface area (Å²) in [7, 11) is 0. The number of carbonyl (C=O) groups excluding carboxylic acids is 2. The number of amides is 2. The van der Waals surface area contributed by atoms with Gasteiger partial charge in [-0.25, -0.2) is 4.79 Å². The molecule has 6 nitrogen and oxygen atoms in total. The number of hydrogen-bond acceptors (Lipinski definition) is 3. The molecule has 6 heteroatoms. The Balaban J connectivity index is 1.92. The lowest BCUT2D eigenvalue weighted by atomic mass is 9.96. The third kappa shape index (κ3) is 5.72. The van der Waals surface area contributed by atoms with Gasteiger partial charge in [0.05, 0.1) is 12.3 Å². The fraction of sp³-hybridized carbons (Fsp3) is 0.450. The highest BCUT2D eigenvalue weighted by atomic mass is 16.4. The Labute approximate surface area is 153 Å². The lowest BCUT2D eigenvalue weighted by Gasteiger charge is -2.32. The number of carbonyl (C=O) groups is 3. The second-order valence-electron chi connectivity index (χ2n) is 6.55. The Morgan fingerprint density at radius 2 is 2.04 bits per heavy atom. The Morgan fingerprint density at radius 3 is 2.69 bits per heavy atom. The minimum atomic E-state index is -1.05. The molecule has 1 saturated heterocycles. The molecule has 0 bridgehead atoms. The minimum Gasteiger partial charge on any atom is -0.480 e. The molecule has 1 aromatic rings. The summed E-state index contributed by atoms with van der Waals surface area (Å²) in [6.07, 6.45) is 5.44. The van der Waals surface area contributed by atoms with Crippen LogP contribution in [0.15, 0.2) is 42.5 Å². The van der Waals surface area contributed by atoms with E-state index in [4.69, 9.17) is 0 Å². The highest BCUT2D eigenvalue weighted by Gasteiger charge is 2.30. The monoisotopic (exact) mass is 358 g/mol. The topological polar surface area (TPSA) is 86.7 Å². The second-order valence-corrected chi connectivity index (χ2v) is 6.55. The molecule has 1 aliphatic heterocycles. The summed E-state index contributed by atoms with van der Waals surface area (Å²) in [5, 5.41) is 11.8. The normalized spacial score (nSPS) is 18.5. The average Bonchev–Trinajstić information content (AvgIpc) is 2.65. The van der Waals surface area contributed by atoms with Crippen LogP contribution in [0.2, 0.25) is 0 Å². The predicted molar refractivity (Wildman–Crippen MR) is 98.4 cm³/mol. The van der Waals surface area contributed by atoms with E-state index < -0.39 is 12.0 Å². The van der Waals surface area contributed by atoms with Gasteiger partial charge < -0.3 is 15.3 Å². The van der Waals surface area contributed by atoms with Crippen molar-refractivity contribution in [3.63, 3.8) is 0 Å². The summed E-state index contributed by atoms with van der Waals surface area (Å²) in [4.78, 5) is 38.0. The Kier molecular flexibility index (Phi) is 7.38. The number of hydrogen-bond donors (Lipinski definition) is 2. The summed E-state index contributed by atoms with van der Waals surface area (Å²) < 4.78 is 0. The van der Waals surface area contributed by atoms with E-state index in [1.807, 2.05) is 30.3 Å². The standard InChI is InChI=1S/C20H26N2O4/c1-2-3-11-17(20(25)26)21-19(24)16-10-7-12-22(14-16)18(23)13-15-8-5-4-6-9-15/h2-6,8-9,16-17H,7,10-14H2,1H3,(H,21,24)(H,25,26)/b3-2+. The molecular weight excluding hydrogens is 332 g/mol. The van der Waals surface area contributed by atoms with E-state index >= 15 is 0 Å². The van der Waals surface area contributed by atoms with Gasteiger partial charge in [-0.3, -0.25) is 9.59 Å². The third-order valence-corrected chi connectivity index (χ3v) is 4.57. The number of carboxylic acids is 1. The van der Waals surface area contributed by atoms with Crippen LogP contribution in [0.5, 0.6) is 0 Å². The number of nitrogens with zero attached hydrogens (tertiary/aromatic N) is 1. The number of benzene rings is 1. The number of piperidine rings is 1. The zero-order valence-corrected chi connectivity index (χ0v) is 15.1. The maximum Gasteiger partial charge on any atom is 0.326 e. The van der Waals surface area contributed by atoms with Gasteiger partial charge in [0.1, 0.15) is 6.04 Å². The van der Waals surface area contributed by atoms with Crippen LogP contribution in [0.4, 0.5) is 0 Å². The van der Waals surface area contributed by atoms with Gasteiger partial charge in [-0.1, -0.05) is 42.5 Å². The smallest absolute Gasteiger partial charge is 0.326 e. The van der Waals surface area contributed by atoms with Gasteiger partial charge in [0.25, 0.3) is 0 Å². The molecule has 0 aliphatic carbocycles. The average molecular weight is 358 g/mol. The van der Waals surface area contributed by atoms with Crippen molar-refractivity contribution in [1.29, 1.82) is 0 Å². The third-order valence-electron chi connectivity index (χ3n) is 4.57. The zero-order chi connectivity index (χ0) is 18.9. The molecule has 0 radical (unpaired) electrons. The lowest BCUT2D eigenvalue weighted by molar-refractivity contribution is -0.143. The quantitative estimate of drug-likeness (QED) is 0.730. The number of aliphatic carboxylic acids is 1. The molecule has 2 rings (SSSR count). The molecule has 1 aromatic carbocycles. The summed E-state index contributed by atoms with van der Waals surface area (Å²) in [5.74, 6) is -1.71. The highest BCUT2D eigenvalue weighted by Crippen LogP contribution is 2.18. The van der Waals surface area contributed by atoms with E-state index in [1.165, 1.54) is 0 Å². The maximum absolute atomic E-state index is 12.5. The van der Waals surface area contributed by atoms with Crippen molar-refractivity contribution in [2.75, 3.05) is 13.1 Å². The molecule has 0 spiro atoms. The first-order valence-electron chi connectivity index (χ1n) is 8.97. The Hall–Kier alpha value is -2.63. The maximum atomic E-state index is 12.5. The van der Waals surface area contributed by atoms with Crippen molar-refractivity contribution in [2.45, 2.75) is 38.6 Å². The molecule has 2 N–H and O–H groups in total. The van der Waals surface area contributed by atoms with Crippen LogP contribution in [0.1, 0.15) is 31.7 Å². The lowest BCUT2D eigenvalue weighted by Crippen LogP contribution is -2.49. The van der Waals surface area contributed by atoms with Crippen molar-refractivity contribution in [3.05, 3.63) is 48.0 Å². The van der Waals surface area contributed by atoms with Crippen molar-refractivity contribution >= 4 is 17.8 Å². The summed E-state index contributed by atoms with van der Waals surface area (Å²) in [6, 6.07) is 8.57. The van der Waals surface area contributed by atoms with Crippen LogP contribution in [-0.2, 0) is 20.8 Å². The van der Waals surface area contributed by atoms with Gasteiger partial charge in [-0.15, -0.1) is 0 Å². The fourth-order valence-electron chi connectivity index (χ4n) is 3.08. The first-order valence-corrected chi connectivity index (χ1v) is 8.97. The van der Waals surface area contributed by atoms with E-state index in [2.05, 4.69) is 5.32 Å². The van der Waals surface area contributed by atoms with Gasteiger partial charge in [0.15, 0.2) is 0 Å². The number of nitrogens with one attached hydrogen (secondary N) is 1. The molecule has 26 heavy (non-hydrogen) atoms. The summed E-state index contributed by atoms with van der Waals surface area (Å²) in [5.41, 5.74) is 0.946. The first-order chi connectivity index (χ1) is 12.5. The van der Waals surface area contributed by atoms with Gasteiger partial charge in [0.2, 0.25) is 11.8 Å². The Morgan fingerprint density at radius 1 is 1.31 bits per heavy atom. The largest absolute Gasteiger partial charge is 0.480 e. The van der Waals surface area contributed by atoms with Crippen molar-refractivity contribution in [3.8, 4) is 0 Å². The number of allylic oxidation sites excluding steroid dienone is 1. The van der Waals surface area contributed by atoms with Crippen LogP contribution in [0.25, 0.3) is 0 Å². The SMILES string of the molecule is C/C=C/CC(NC(=O)C1CCCN(C(=O)Cc2ccccc2)C1)C(=O)O. The fourth-order valence-corrected chi connectivity index (χ4v) is 3.08. The number of rotatable bonds is 7. The van der Waals surface area contributed by atoms with Gasteiger partial charge in [0, 0.05) is 13.1 Å². The first kappa shape index (κ1) is 19.7. The van der Waals surface area contributed by atoms with E-state index in [1.54, 1.807) is 24.0 Å². The van der Waals surface area contributed by atoms with E-state index in [0.717, 1.165) is 12.0 Å². The van der Waals surface area contributed by atoms with Crippen LogP contribution < -0.4 is 5.32 Å². The molecule has 2 atom stereocenters. The number of likely N-dealkylation sites (tertiary alicyclic amines) is 1. The highest BCUT2D eigenvalue weighted by molar-refractivity contribution is 5.86. The minimum absolute atomic E-state index is 0.00241. The molecule has 0 aromatic heterocycles. The van der Waals surface area contributed by atoms with Crippen molar-refractivity contribution in [2.24, 2.45) is 5.92 Å². The predicted octanol–water partition coefficient (Wildman–Crippen LogP) is 2.00. The van der Waals surface area contributed by atoms with Gasteiger partial charge >= 0.3 is 5.97 Å². The van der Waals surface area contributed by atoms with Crippen LogP contribution in [0, 0.1) is 5.92 Å². The number of carboxylic acid groups (broad SMARTS) is 1. The van der Waals surface area contributed by atoms with E-state index in [0.29, 0.717) is 25.9 Å². The van der Waals surface area contributed by atoms with E-state index in [-0.39, 0.29) is 24.2 Å². The molecule has 140 valence electrons. The molecule has 2 amide bonds. The van der Waals surface area contributed by atoms with Crippen molar-refractivity contribution < 1.29 is 19.5 Å². The molecule has 2 unspecified atom stereocenters. The van der Waals surface area contributed by atoms with Crippen LogP contribution >= 0.6 is 0 Å². The van der Waals surface area contributed by atoms with Gasteiger partial charge in [-0.05, 0) is 31.7 Å². The second kappa shape index (κ2) is 9.75. The molecule has 1 heterocycles. The Bertz CT molecular complexity index is 657. The molecule has 1 aliphatic rings. The zero-order valence-electron chi connectivity index (χ0n) is 15.1. The van der Waals surface area contributed by atoms with Crippen LogP contribution in [0.3, 0.4) is 0 Å². The summed E-state index contributed by atoms with van der Waals surface area (Å²) >= 11 is 0. The van der Waals surface area contributed by atoms with Crippen molar-refractivity contribution in [1.82, 2.24) is 10.2 Å². The van der Waals surface area contributed by atoms with E-state index in [9.17, 15) is 19.5 Å².